The molecule has 0 radical (unpaired) electrons. The standard InChI is InChI=1S/C11H18N2O/c1-7-2-10(7)11(14)13-5-8-3-12-4-9(8)6-13/h7-10,12H,2-6H2,1H3/t7?,8-,9+,10?. The Bertz CT molecular complexity index is 254. The minimum absolute atomic E-state index is 0.377. The second-order valence-electron chi connectivity index (χ2n) is 5.24. The van der Waals surface area contributed by atoms with E-state index >= 15 is 0 Å². The maximum atomic E-state index is 12.0. The average Bonchev–Trinajstić information content (AvgIpc) is 2.62. The first kappa shape index (κ1) is 8.72. The van der Waals surface area contributed by atoms with E-state index in [0.29, 0.717) is 17.7 Å². The topological polar surface area (TPSA) is 32.3 Å². The Labute approximate surface area is 84.8 Å². The Balaban J connectivity index is 1.62. The van der Waals surface area contributed by atoms with Gasteiger partial charge in [-0.25, -0.2) is 0 Å². The molecule has 4 atom stereocenters. The van der Waals surface area contributed by atoms with Gasteiger partial charge in [-0.1, -0.05) is 6.92 Å². The molecule has 3 rings (SSSR count). The average molecular weight is 194 g/mol. The van der Waals surface area contributed by atoms with Crippen molar-refractivity contribution in [2.24, 2.45) is 23.7 Å². The van der Waals surface area contributed by atoms with E-state index in [-0.39, 0.29) is 0 Å². The largest absolute Gasteiger partial charge is 0.342 e. The van der Waals surface area contributed by atoms with Crippen LogP contribution in [0.3, 0.4) is 0 Å². The normalized spacial score (nSPS) is 45.4. The Hall–Kier alpha value is -0.570. The van der Waals surface area contributed by atoms with Gasteiger partial charge < -0.3 is 10.2 Å². The molecule has 2 unspecified atom stereocenters. The van der Waals surface area contributed by atoms with Crippen LogP contribution in [-0.4, -0.2) is 37.0 Å². The summed E-state index contributed by atoms with van der Waals surface area (Å²) in [5, 5.41) is 3.40. The SMILES string of the molecule is CC1CC1C(=O)N1C[C@H]2CNC[C@H]2C1. The van der Waals surface area contributed by atoms with Crippen LogP contribution < -0.4 is 5.32 Å². The van der Waals surface area contributed by atoms with Crippen molar-refractivity contribution < 1.29 is 4.79 Å². The van der Waals surface area contributed by atoms with Gasteiger partial charge in [0.1, 0.15) is 0 Å². The molecule has 2 aliphatic heterocycles. The van der Waals surface area contributed by atoms with Gasteiger partial charge in [-0.05, 0) is 24.2 Å². The Morgan fingerprint density at radius 1 is 1.29 bits per heavy atom. The summed E-state index contributed by atoms with van der Waals surface area (Å²) in [4.78, 5) is 14.1. The van der Waals surface area contributed by atoms with E-state index in [1.165, 1.54) is 0 Å². The molecule has 2 heterocycles. The monoisotopic (exact) mass is 194 g/mol. The fourth-order valence-electron chi connectivity index (χ4n) is 2.94. The predicted octanol–water partition coefficient (Wildman–Crippen LogP) is 0.320. The molecular formula is C11H18N2O. The van der Waals surface area contributed by atoms with E-state index in [2.05, 4.69) is 17.1 Å². The molecule has 0 aromatic carbocycles. The summed E-state index contributed by atoms with van der Waals surface area (Å²) in [7, 11) is 0. The lowest BCUT2D eigenvalue weighted by atomic mass is 10.0. The molecule has 0 bridgehead atoms. The fourth-order valence-corrected chi connectivity index (χ4v) is 2.94. The zero-order chi connectivity index (χ0) is 9.71. The lowest BCUT2D eigenvalue weighted by molar-refractivity contribution is -0.132. The second-order valence-corrected chi connectivity index (χ2v) is 5.24. The number of rotatable bonds is 1. The van der Waals surface area contributed by atoms with E-state index in [1.807, 2.05) is 0 Å². The smallest absolute Gasteiger partial charge is 0.225 e. The number of nitrogens with one attached hydrogen (secondary N) is 1. The van der Waals surface area contributed by atoms with E-state index in [4.69, 9.17) is 0 Å². The summed E-state index contributed by atoms with van der Waals surface area (Å²) in [5.41, 5.74) is 0. The highest BCUT2D eigenvalue weighted by Crippen LogP contribution is 2.40. The third-order valence-corrected chi connectivity index (χ3v) is 4.13. The molecule has 3 fully saturated rings. The first-order valence-electron chi connectivity index (χ1n) is 5.75. The van der Waals surface area contributed by atoms with Gasteiger partial charge in [0.2, 0.25) is 5.91 Å². The number of nitrogens with zero attached hydrogens (tertiary/aromatic N) is 1. The van der Waals surface area contributed by atoms with Crippen molar-refractivity contribution in [2.75, 3.05) is 26.2 Å². The van der Waals surface area contributed by atoms with Crippen LogP contribution in [0.25, 0.3) is 0 Å². The molecule has 3 heteroatoms. The van der Waals surface area contributed by atoms with Crippen LogP contribution in [0.4, 0.5) is 0 Å². The van der Waals surface area contributed by atoms with Crippen LogP contribution in [0.2, 0.25) is 0 Å². The maximum Gasteiger partial charge on any atom is 0.225 e. The van der Waals surface area contributed by atoms with Crippen molar-refractivity contribution in [1.29, 1.82) is 0 Å². The number of amides is 1. The second kappa shape index (κ2) is 2.96. The van der Waals surface area contributed by atoms with Crippen molar-refractivity contribution >= 4 is 5.91 Å². The Morgan fingerprint density at radius 2 is 1.86 bits per heavy atom. The number of hydrogen-bond donors (Lipinski definition) is 1. The number of hydrogen-bond acceptors (Lipinski definition) is 2. The minimum atomic E-state index is 0.377. The van der Waals surface area contributed by atoms with Gasteiger partial charge in [0.05, 0.1) is 0 Å². The summed E-state index contributed by atoms with van der Waals surface area (Å²) in [6.07, 6.45) is 1.13. The van der Waals surface area contributed by atoms with Crippen LogP contribution in [0.5, 0.6) is 0 Å². The van der Waals surface area contributed by atoms with Crippen molar-refractivity contribution in [2.45, 2.75) is 13.3 Å². The highest BCUT2D eigenvalue weighted by molar-refractivity contribution is 5.81. The quantitative estimate of drug-likeness (QED) is 0.652. The van der Waals surface area contributed by atoms with E-state index in [1.54, 1.807) is 0 Å². The predicted molar refractivity (Wildman–Crippen MR) is 53.7 cm³/mol. The lowest BCUT2D eigenvalue weighted by Crippen LogP contribution is -2.33. The summed E-state index contributed by atoms with van der Waals surface area (Å²) in [6, 6.07) is 0. The third kappa shape index (κ3) is 1.26. The van der Waals surface area contributed by atoms with Crippen LogP contribution in [0.1, 0.15) is 13.3 Å². The third-order valence-electron chi connectivity index (χ3n) is 4.13. The first-order chi connectivity index (χ1) is 6.75. The molecular weight excluding hydrogens is 176 g/mol. The molecule has 1 N–H and O–H groups in total. The van der Waals surface area contributed by atoms with E-state index in [9.17, 15) is 4.79 Å². The lowest BCUT2D eigenvalue weighted by Gasteiger charge is -2.17. The molecule has 0 aromatic heterocycles. The highest BCUT2D eigenvalue weighted by Gasteiger charge is 2.45. The van der Waals surface area contributed by atoms with E-state index in [0.717, 1.165) is 44.4 Å². The van der Waals surface area contributed by atoms with Gasteiger partial charge in [-0.3, -0.25) is 4.79 Å². The van der Waals surface area contributed by atoms with Crippen LogP contribution in [-0.2, 0) is 4.79 Å². The summed E-state index contributed by atoms with van der Waals surface area (Å²) >= 11 is 0. The summed E-state index contributed by atoms with van der Waals surface area (Å²) in [6.45, 7) is 6.45. The van der Waals surface area contributed by atoms with Crippen LogP contribution in [0.15, 0.2) is 0 Å². The number of carbonyl (C=O) groups is 1. The molecule has 78 valence electrons. The van der Waals surface area contributed by atoms with Crippen molar-refractivity contribution in [3.05, 3.63) is 0 Å². The van der Waals surface area contributed by atoms with Crippen LogP contribution in [0, 0.1) is 23.7 Å². The van der Waals surface area contributed by atoms with Crippen molar-refractivity contribution in [3.8, 4) is 0 Å². The summed E-state index contributed by atoms with van der Waals surface area (Å²) in [5.74, 6) is 2.95. The Kier molecular flexibility index (Phi) is 1.84. The van der Waals surface area contributed by atoms with E-state index < -0.39 is 0 Å². The first-order valence-corrected chi connectivity index (χ1v) is 5.75. The van der Waals surface area contributed by atoms with Crippen molar-refractivity contribution in [1.82, 2.24) is 10.2 Å². The van der Waals surface area contributed by atoms with Gasteiger partial charge in [0, 0.05) is 32.1 Å². The molecule has 1 saturated carbocycles. The zero-order valence-corrected chi connectivity index (χ0v) is 8.70. The summed E-state index contributed by atoms with van der Waals surface area (Å²) < 4.78 is 0. The maximum absolute atomic E-state index is 12.0. The molecule has 0 aromatic rings. The number of carbonyl (C=O) groups excluding carboxylic acids is 1. The van der Waals surface area contributed by atoms with Gasteiger partial charge in [-0.15, -0.1) is 0 Å². The fraction of sp³-hybridized carbons (Fsp3) is 0.909. The molecule has 14 heavy (non-hydrogen) atoms. The van der Waals surface area contributed by atoms with Crippen LogP contribution >= 0.6 is 0 Å². The molecule has 3 nitrogen and oxygen atoms in total. The van der Waals surface area contributed by atoms with Gasteiger partial charge in [-0.2, -0.15) is 0 Å². The molecule has 1 amide bonds. The Morgan fingerprint density at radius 3 is 2.36 bits per heavy atom. The van der Waals surface area contributed by atoms with Crippen molar-refractivity contribution in [3.63, 3.8) is 0 Å². The zero-order valence-electron chi connectivity index (χ0n) is 8.70. The number of fused-ring (bicyclic) bond motifs is 1. The molecule has 0 spiro atoms. The van der Waals surface area contributed by atoms with Gasteiger partial charge >= 0.3 is 0 Å². The molecule has 1 aliphatic carbocycles. The van der Waals surface area contributed by atoms with Gasteiger partial charge in [0.15, 0.2) is 0 Å². The molecule has 3 aliphatic rings. The highest BCUT2D eigenvalue weighted by atomic mass is 16.2. The number of likely N-dealkylation sites (tertiary alicyclic amines) is 1. The molecule has 2 saturated heterocycles. The minimum Gasteiger partial charge on any atom is -0.342 e. The van der Waals surface area contributed by atoms with Gasteiger partial charge in [0.25, 0.3) is 0 Å².